The zero-order valence-corrected chi connectivity index (χ0v) is 14.7. The van der Waals surface area contributed by atoms with E-state index in [1.807, 2.05) is 0 Å². The van der Waals surface area contributed by atoms with Crippen molar-refractivity contribution in [2.75, 3.05) is 5.32 Å². The molecule has 0 aliphatic carbocycles. The molecule has 1 unspecified atom stereocenters. The summed E-state index contributed by atoms with van der Waals surface area (Å²) in [5.41, 5.74) is -1.48. The molecule has 0 fully saturated rings. The van der Waals surface area contributed by atoms with Gasteiger partial charge in [0.05, 0.1) is 25.8 Å². The minimum atomic E-state index is -2.00. The van der Waals surface area contributed by atoms with Crippen LogP contribution < -0.4 is 5.32 Å². The second kappa shape index (κ2) is 5.62. The Balaban J connectivity index is 2.00. The summed E-state index contributed by atoms with van der Waals surface area (Å²) in [4.78, 5) is 25.0. The molecule has 0 saturated carbocycles. The quantitative estimate of drug-likeness (QED) is 0.730. The Kier molecular flexibility index (Phi) is 4.07. The summed E-state index contributed by atoms with van der Waals surface area (Å²) >= 11 is 16.5. The summed E-state index contributed by atoms with van der Waals surface area (Å²) in [6.45, 7) is 0. The van der Waals surface area contributed by atoms with Crippen LogP contribution in [-0.2, 0) is 10.4 Å². The highest BCUT2D eigenvalue weighted by Gasteiger charge is 2.48. The fraction of sp³-hybridized carbons (Fsp3) is 0.143. The highest BCUT2D eigenvalue weighted by atomic mass is 79.9. The molecule has 2 N–H and O–H groups in total. The third kappa shape index (κ3) is 2.59. The maximum atomic E-state index is 12.3. The number of carbonyl (C=O) groups is 2. The van der Waals surface area contributed by atoms with Gasteiger partial charge in [0.2, 0.25) is 0 Å². The lowest BCUT2D eigenvalue weighted by Crippen LogP contribution is -2.36. The molecule has 4 nitrogen and oxygen atoms in total. The molecule has 0 spiro atoms. The SMILES string of the molecule is O=C(CC1(O)C(=O)Nc2cc(Cl)cc(Cl)c21)c1ccc(Br)s1. The molecule has 22 heavy (non-hydrogen) atoms. The Bertz CT molecular complexity index is 807. The van der Waals surface area contributed by atoms with Crippen molar-refractivity contribution < 1.29 is 14.7 Å². The standard InChI is InChI=1S/C14H8BrCl2NO3S/c15-11-2-1-10(22-11)9(19)5-14(21)12-7(17)3-6(16)4-8(12)18-13(14)20/h1-4,21H,5H2,(H,18,20). The number of rotatable bonds is 3. The van der Waals surface area contributed by atoms with Crippen LogP contribution in [0.1, 0.15) is 21.7 Å². The van der Waals surface area contributed by atoms with E-state index in [0.717, 1.165) is 3.79 Å². The number of fused-ring (bicyclic) bond motifs is 1. The predicted octanol–water partition coefficient (Wildman–Crippen LogP) is 4.23. The van der Waals surface area contributed by atoms with Crippen LogP contribution >= 0.6 is 50.5 Å². The minimum Gasteiger partial charge on any atom is -0.375 e. The zero-order chi connectivity index (χ0) is 16.1. The number of benzene rings is 1. The van der Waals surface area contributed by atoms with E-state index in [1.54, 1.807) is 12.1 Å². The van der Waals surface area contributed by atoms with Crippen molar-refractivity contribution in [2.45, 2.75) is 12.0 Å². The molecule has 1 atom stereocenters. The van der Waals surface area contributed by atoms with Gasteiger partial charge in [0, 0.05) is 10.6 Å². The number of hydrogen-bond acceptors (Lipinski definition) is 4. The fourth-order valence-electron chi connectivity index (χ4n) is 2.38. The van der Waals surface area contributed by atoms with Crippen molar-refractivity contribution in [3.8, 4) is 0 Å². The molecule has 2 aromatic rings. The van der Waals surface area contributed by atoms with E-state index in [9.17, 15) is 14.7 Å². The van der Waals surface area contributed by atoms with Crippen molar-refractivity contribution >= 4 is 67.8 Å². The fourth-order valence-corrected chi connectivity index (χ4v) is 4.36. The number of hydrogen-bond donors (Lipinski definition) is 2. The van der Waals surface area contributed by atoms with Crippen LogP contribution in [0.15, 0.2) is 28.1 Å². The molecule has 0 bridgehead atoms. The molecule has 114 valence electrons. The molecule has 2 heterocycles. The van der Waals surface area contributed by atoms with E-state index in [-0.39, 0.29) is 22.8 Å². The zero-order valence-electron chi connectivity index (χ0n) is 10.8. The van der Waals surface area contributed by atoms with Crippen LogP contribution in [0, 0.1) is 0 Å². The lowest BCUT2D eigenvalue weighted by Gasteiger charge is -2.20. The Morgan fingerprint density at radius 2 is 2.09 bits per heavy atom. The number of thiophene rings is 1. The molecule has 8 heteroatoms. The molecule has 0 radical (unpaired) electrons. The lowest BCUT2D eigenvalue weighted by atomic mass is 9.89. The first kappa shape index (κ1) is 16.0. The second-order valence-corrected chi connectivity index (χ2v) is 8.13. The molecular formula is C14H8BrCl2NO3S. The monoisotopic (exact) mass is 419 g/mol. The predicted molar refractivity (Wildman–Crippen MR) is 90.0 cm³/mol. The van der Waals surface area contributed by atoms with Crippen molar-refractivity contribution in [1.82, 2.24) is 0 Å². The van der Waals surface area contributed by atoms with Crippen LogP contribution in [0.4, 0.5) is 5.69 Å². The van der Waals surface area contributed by atoms with E-state index in [0.29, 0.717) is 15.6 Å². The van der Waals surface area contributed by atoms with Gasteiger partial charge in [-0.05, 0) is 40.2 Å². The van der Waals surface area contributed by atoms with E-state index in [1.165, 1.54) is 23.5 Å². The van der Waals surface area contributed by atoms with Crippen LogP contribution in [-0.4, -0.2) is 16.8 Å². The number of aliphatic hydroxyl groups is 1. The van der Waals surface area contributed by atoms with Crippen LogP contribution in [0.3, 0.4) is 0 Å². The molecule has 3 rings (SSSR count). The first-order chi connectivity index (χ1) is 10.3. The molecule has 1 amide bonds. The van der Waals surface area contributed by atoms with Gasteiger partial charge in [-0.15, -0.1) is 11.3 Å². The van der Waals surface area contributed by atoms with Crippen molar-refractivity contribution in [3.63, 3.8) is 0 Å². The Morgan fingerprint density at radius 3 is 2.73 bits per heavy atom. The summed E-state index contributed by atoms with van der Waals surface area (Å²) in [6.07, 6.45) is -0.389. The molecule has 1 aliphatic heterocycles. The molecule has 1 aliphatic rings. The highest BCUT2D eigenvalue weighted by molar-refractivity contribution is 9.11. The van der Waals surface area contributed by atoms with Gasteiger partial charge in [-0.2, -0.15) is 0 Å². The average Bonchev–Trinajstić information content (AvgIpc) is 2.93. The third-order valence-corrected chi connectivity index (χ3v) is 5.54. The summed E-state index contributed by atoms with van der Waals surface area (Å²) in [7, 11) is 0. The van der Waals surface area contributed by atoms with Gasteiger partial charge in [-0.3, -0.25) is 9.59 Å². The number of amides is 1. The van der Waals surface area contributed by atoms with Crippen LogP contribution in [0.25, 0.3) is 0 Å². The number of anilines is 1. The Labute approximate surface area is 148 Å². The van der Waals surface area contributed by atoms with E-state index in [2.05, 4.69) is 21.2 Å². The van der Waals surface area contributed by atoms with E-state index in [4.69, 9.17) is 23.2 Å². The normalized spacial score (nSPS) is 19.9. The lowest BCUT2D eigenvalue weighted by molar-refractivity contribution is -0.133. The van der Waals surface area contributed by atoms with Gasteiger partial charge in [-0.25, -0.2) is 0 Å². The molecule has 1 aromatic heterocycles. The maximum absolute atomic E-state index is 12.3. The van der Waals surface area contributed by atoms with Crippen molar-refractivity contribution in [3.05, 3.63) is 48.5 Å². The Hall–Kier alpha value is -0.920. The van der Waals surface area contributed by atoms with Gasteiger partial charge in [0.25, 0.3) is 5.91 Å². The summed E-state index contributed by atoms with van der Waals surface area (Å²) in [6, 6.07) is 6.29. The second-order valence-electron chi connectivity index (χ2n) is 4.83. The number of Topliss-reactive ketones (excluding diaryl/α,β-unsaturated/α-hetero) is 1. The maximum Gasteiger partial charge on any atom is 0.261 e. The Morgan fingerprint density at radius 1 is 1.36 bits per heavy atom. The van der Waals surface area contributed by atoms with Crippen molar-refractivity contribution in [2.24, 2.45) is 0 Å². The minimum absolute atomic E-state index is 0.142. The van der Waals surface area contributed by atoms with Gasteiger partial charge in [-0.1, -0.05) is 23.2 Å². The van der Waals surface area contributed by atoms with Crippen LogP contribution in [0.2, 0.25) is 10.0 Å². The van der Waals surface area contributed by atoms with Gasteiger partial charge < -0.3 is 10.4 Å². The largest absolute Gasteiger partial charge is 0.375 e. The smallest absolute Gasteiger partial charge is 0.261 e. The topological polar surface area (TPSA) is 66.4 Å². The van der Waals surface area contributed by atoms with Crippen molar-refractivity contribution in [1.29, 1.82) is 0 Å². The molecule has 1 aromatic carbocycles. The van der Waals surface area contributed by atoms with Crippen LogP contribution in [0.5, 0.6) is 0 Å². The number of carbonyl (C=O) groups excluding carboxylic acids is 2. The van der Waals surface area contributed by atoms with E-state index < -0.39 is 11.5 Å². The number of nitrogens with one attached hydrogen (secondary N) is 1. The van der Waals surface area contributed by atoms with Gasteiger partial charge in [0.15, 0.2) is 11.4 Å². The van der Waals surface area contributed by atoms with E-state index >= 15 is 0 Å². The first-order valence-electron chi connectivity index (χ1n) is 6.13. The highest BCUT2D eigenvalue weighted by Crippen LogP contribution is 2.45. The van der Waals surface area contributed by atoms with Gasteiger partial charge in [0.1, 0.15) is 0 Å². The number of ketones is 1. The molecule has 0 saturated heterocycles. The third-order valence-electron chi connectivity index (χ3n) is 3.36. The summed E-state index contributed by atoms with van der Waals surface area (Å²) in [5, 5.41) is 13.7. The first-order valence-corrected chi connectivity index (χ1v) is 8.49. The summed E-state index contributed by atoms with van der Waals surface area (Å²) in [5.74, 6) is -1.03. The summed E-state index contributed by atoms with van der Waals surface area (Å²) < 4.78 is 0.795. The van der Waals surface area contributed by atoms with Gasteiger partial charge >= 0.3 is 0 Å². The molecular weight excluding hydrogens is 413 g/mol. The average molecular weight is 421 g/mol. The number of halogens is 3.